The van der Waals surface area contributed by atoms with Crippen molar-refractivity contribution in [3.05, 3.63) is 47.7 Å². The number of nitrogens with zero attached hydrogens (tertiary/aromatic N) is 3. The number of rotatable bonds is 6. The van der Waals surface area contributed by atoms with Crippen LogP contribution in [0, 0.1) is 0 Å². The molecule has 0 radical (unpaired) electrons. The Morgan fingerprint density at radius 3 is 2.62 bits per heavy atom. The summed E-state index contributed by atoms with van der Waals surface area (Å²) in [5, 5.41) is 15.2. The zero-order valence-electron chi connectivity index (χ0n) is 13.4. The molecule has 2 rings (SSSR count). The van der Waals surface area contributed by atoms with Gasteiger partial charge in [0.15, 0.2) is 5.82 Å². The van der Waals surface area contributed by atoms with Crippen LogP contribution < -0.4 is 5.32 Å². The van der Waals surface area contributed by atoms with Crippen LogP contribution in [-0.4, -0.2) is 51.2 Å². The lowest BCUT2D eigenvalue weighted by Gasteiger charge is -2.14. The highest BCUT2D eigenvalue weighted by atomic mass is 16.4. The minimum atomic E-state index is -1.03. The van der Waals surface area contributed by atoms with Crippen LogP contribution in [0.2, 0.25) is 0 Å². The van der Waals surface area contributed by atoms with E-state index in [0.29, 0.717) is 17.7 Å². The van der Waals surface area contributed by atoms with Gasteiger partial charge in [-0.15, -0.1) is 0 Å². The van der Waals surface area contributed by atoms with Crippen molar-refractivity contribution in [3.8, 4) is 0 Å². The molecule has 2 N–H and O–H groups in total. The fourth-order valence-corrected chi connectivity index (χ4v) is 2.00. The fourth-order valence-electron chi connectivity index (χ4n) is 2.00. The number of hydrogen-bond donors (Lipinski definition) is 2. The van der Waals surface area contributed by atoms with Crippen molar-refractivity contribution in [1.82, 2.24) is 14.7 Å². The van der Waals surface area contributed by atoms with E-state index in [4.69, 9.17) is 5.11 Å². The van der Waals surface area contributed by atoms with Gasteiger partial charge in [0.1, 0.15) is 6.54 Å². The summed E-state index contributed by atoms with van der Waals surface area (Å²) in [5.41, 5.74) is 0.738. The average molecular weight is 330 g/mol. The highest BCUT2D eigenvalue weighted by Crippen LogP contribution is 2.11. The molecule has 126 valence electrons. The minimum absolute atomic E-state index is 0.169. The number of benzene rings is 1. The van der Waals surface area contributed by atoms with Gasteiger partial charge in [-0.3, -0.25) is 19.1 Å². The summed E-state index contributed by atoms with van der Waals surface area (Å²) in [6.07, 6.45) is 1.46. The second kappa shape index (κ2) is 7.40. The Morgan fingerprint density at radius 2 is 1.96 bits per heavy atom. The van der Waals surface area contributed by atoms with Crippen LogP contribution in [0.15, 0.2) is 36.5 Å². The van der Waals surface area contributed by atoms with Crippen LogP contribution in [0.3, 0.4) is 0 Å². The van der Waals surface area contributed by atoms with Gasteiger partial charge in [0.25, 0.3) is 11.8 Å². The molecule has 0 aliphatic rings. The lowest BCUT2D eigenvalue weighted by Crippen LogP contribution is -2.26. The summed E-state index contributed by atoms with van der Waals surface area (Å²) in [5.74, 6) is -1.38. The zero-order chi connectivity index (χ0) is 17.7. The fraction of sp³-hybridized carbons (Fsp3) is 0.250. The molecule has 8 heteroatoms. The number of aliphatic carboxylic acids is 1. The van der Waals surface area contributed by atoms with Crippen molar-refractivity contribution in [2.24, 2.45) is 0 Å². The topological polar surface area (TPSA) is 105 Å². The third kappa shape index (κ3) is 4.19. The number of carbonyl (C=O) groups excluding carboxylic acids is 2. The number of carboxylic acids is 1. The van der Waals surface area contributed by atoms with Crippen molar-refractivity contribution in [1.29, 1.82) is 0 Å². The highest BCUT2D eigenvalue weighted by Gasteiger charge is 2.14. The first kappa shape index (κ1) is 17.2. The largest absolute Gasteiger partial charge is 0.480 e. The van der Waals surface area contributed by atoms with Gasteiger partial charge >= 0.3 is 5.97 Å². The van der Waals surface area contributed by atoms with Crippen molar-refractivity contribution in [2.45, 2.75) is 13.5 Å². The monoisotopic (exact) mass is 330 g/mol. The van der Waals surface area contributed by atoms with Crippen LogP contribution >= 0.6 is 0 Å². The quantitative estimate of drug-likeness (QED) is 0.831. The van der Waals surface area contributed by atoms with E-state index in [1.807, 2.05) is 6.92 Å². The molecule has 0 fully saturated rings. The standard InChI is InChI=1S/C16H18N4O4/c1-3-19(2)16(24)12-6-4-5-11(9-12)15(23)17-13-7-8-20(18-13)10-14(21)22/h4-9H,3,10H2,1-2H3,(H,21,22)(H,17,18,23). The van der Waals surface area contributed by atoms with Gasteiger partial charge < -0.3 is 15.3 Å². The third-order valence-electron chi connectivity index (χ3n) is 3.37. The Kier molecular flexibility index (Phi) is 5.31. The Labute approximate surface area is 138 Å². The predicted molar refractivity (Wildman–Crippen MR) is 86.9 cm³/mol. The van der Waals surface area contributed by atoms with Crippen LogP contribution in [0.5, 0.6) is 0 Å². The second-order valence-corrected chi connectivity index (χ2v) is 5.15. The van der Waals surface area contributed by atoms with Crippen molar-refractivity contribution >= 4 is 23.6 Å². The van der Waals surface area contributed by atoms with Crippen LogP contribution in [-0.2, 0) is 11.3 Å². The summed E-state index contributed by atoms with van der Waals surface area (Å²) in [7, 11) is 1.68. The van der Waals surface area contributed by atoms with Crippen molar-refractivity contribution < 1.29 is 19.5 Å². The molecule has 0 spiro atoms. The van der Waals surface area contributed by atoms with E-state index in [9.17, 15) is 14.4 Å². The van der Waals surface area contributed by atoms with E-state index in [1.165, 1.54) is 23.0 Å². The molecule has 1 aromatic heterocycles. The van der Waals surface area contributed by atoms with Gasteiger partial charge in [-0.25, -0.2) is 0 Å². The van der Waals surface area contributed by atoms with Crippen LogP contribution in [0.1, 0.15) is 27.6 Å². The maximum Gasteiger partial charge on any atom is 0.325 e. The summed E-state index contributed by atoms with van der Waals surface area (Å²) in [6.45, 7) is 2.14. The summed E-state index contributed by atoms with van der Waals surface area (Å²) < 4.78 is 1.20. The van der Waals surface area contributed by atoms with Gasteiger partial charge in [0, 0.05) is 37.0 Å². The van der Waals surface area contributed by atoms with Crippen molar-refractivity contribution in [2.75, 3.05) is 18.9 Å². The lowest BCUT2D eigenvalue weighted by atomic mass is 10.1. The summed E-state index contributed by atoms with van der Waals surface area (Å²) >= 11 is 0. The number of nitrogens with one attached hydrogen (secondary N) is 1. The molecule has 0 aliphatic heterocycles. The molecule has 0 atom stereocenters. The highest BCUT2D eigenvalue weighted by molar-refractivity contribution is 6.05. The van der Waals surface area contributed by atoms with Gasteiger partial charge in [-0.05, 0) is 25.1 Å². The Hall–Kier alpha value is -3.16. The molecule has 1 heterocycles. The molecule has 0 saturated heterocycles. The molecular formula is C16H18N4O4. The number of amides is 2. The number of carbonyl (C=O) groups is 3. The molecule has 0 saturated carbocycles. The Bertz CT molecular complexity index is 769. The number of aromatic nitrogens is 2. The zero-order valence-corrected chi connectivity index (χ0v) is 13.4. The minimum Gasteiger partial charge on any atom is -0.480 e. The average Bonchev–Trinajstić information content (AvgIpc) is 2.99. The molecule has 0 bridgehead atoms. The van der Waals surface area contributed by atoms with Crippen molar-refractivity contribution in [3.63, 3.8) is 0 Å². The van der Waals surface area contributed by atoms with E-state index >= 15 is 0 Å². The smallest absolute Gasteiger partial charge is 0.325 e. The SMILES string of the molecule is CCN(C)C(=O)c1cccc(C(=O)Nc2ccn(CC(=O)O)n2)c1. The summed E-state index contributed by atoms with van der Waals surface area (Å²) in [4.78, 5) is 36.6. The lowest BCUT2D eigenvalue weighted by molar-refractivity contribution is -0.137. The first-order chi connectivity index (χ1) is 11.4. The van der Waals surface area contributed by atoms with Gasteiger partial charge in [-0.1, -0.05) is 6.07 Å². The van der Waals surface area contributed by atoms with Gasteiger partial charge in [0.2, 0.25) is 0 Å². The molecule has 1 aromatic carbocycles. The molecular weight excluding hydrogens is 312 g/mol. The van der Waals surface area contributed by atoms with E-state index in [0.717, 1.165) is 0 Å². The first-order valence-corrected chi connectivity index (χ1v) is 7.33. The van der Waals surface area contributed by atoms with Crippen LogP contribution in [0.4, 0.5) is 5.82 Å². The maximum atomic E-state index is 12.3. The molecule has 2 amide bonds. The number of carboxylic acid groups (broad SMARTS) is 1. The van der Waals surface area contributed by atoms with Gasteiger partial charge in [-0.2, -0.15) is 5.10 Å². The van der Waals surface area contributed by atoms with E-state index in [1.54, 1.807) is 30.1 Å². The Balaban J connectivity index is 2.11. The molecule has 8 nitrogen and oxygen atoms in total. The van der Waals surface area contributed by atoms with E-state index in [-0.39, 0.29) is 18.3 Å². The maximum absolute atomic E-state index is 12.3. The molecule has 2 aromatic rings. The van der Waals surface area contributed by atoms with Crippen LogP contribution in [0.25, 0.3) is 0 Å². The molecule has 24 heavy (non-hydrogen) atoms. The first-order valence-electron chi connectivity index (χ1n) is 7.33. The third-order valence-corrected chi connectivity index (χ3v) is 3.37. The van der Waals surface area contributed by atoms with E-state index in [2.05, 4.69) is 10.4 Å². The number of hydrogen-bond acceptors (Lipinski definition) is 4. The second-order valence-electron chi connectivity index (χ2n) is 5.15. The molecule has 0 unspecified atom stereocenters. The number of anilines is 1. The predicted octanol–water partition coefficient (Wildman–Crippen LogP) is 1.31. The van der Waals surface area contributed by atoms with Gasteiger partial charge in [0.05, 0.1) is 0 Å². The molecule has 0 aliphatic carbocycles. The van der Waals surface area contributed by atoms with E-state index < -0.39 is 11.9 Å². The normalized spacial score (nSPS) is 10.2. The summed E-state index contributed by atoms with van der Waals surface area (Å²) in [6, 6.07) is 7.88. The Morgan fingerprint density at radius 1 is 1.25 bits per heavy atom.